The third kappa shape index (κ3) is 1.98. The quantitative estimate of drug-likeness (QED) is 0.835. The van der Waals surface area contributed by atoms with Crippen molar-refractivity contribution >= 4 is 11.6 Å². The van der Waals surface area contributed by atoms with E-state index in [-0.39, 0.29) is 5.91 Å². The second-order valence-corrected chi connectivity index (χ2v) is 3.64. The van der Waals surface area contributed by atoms with Crippen LogP contribution in [0.4, 0.5) is 5.69 Å². The lowest BCUT2D eigenvalue weighted by molar-refractivity contribution is -0.114. The fraction of sp³-hybridized carbons (Fsp3) is 0.154. The van der Waals surface area contributed by atoms with Crippen LogP contribution in [0, 0.1) is 6.92 Å². The van der Waals surface area contributed by atoms with Crippen LogP contribution in [0.3, 0.4) is 0 Å². The molecule has 0 saturated heterocycles. The van der Waals surface area contributed by atoms with Crippen LogP contribution in [0.5, 0.6) is 0 Å². The van der Waals surface area contributed by atoms with E-state index in [4.69, 9.17) is 4.42 Å². The molecule has 2 aromatic rings. The van der Waals surface area contributed by atoms with Gasteiger partial charge in [0.2, 0.25) is 5.91 Å². The molecule has 1 amide bonds. The SMILES string of the molecule is CC(=O)Nc1cccc(-c2ccco2)c1C. The molecule has 0 bridgehead atoms. The van der Waals surface area contributed by atoms with E-state index in [1.165, 1.54) is 6.92 Å². The van der Waals surface area contributed by atoms with Crippen molar-refractivity contribution in [2.24, 2.45) is 0 Å². The van der Waals surface area contributed by atoms with Crippen molar-refractivity contribution in [3.63, 3.8) is 0 Å². The van der Waals surface area contributed by atoms with Gasteiger partial charge >= 0.3 is 0 Å². The minimum absolute atomic E-state index is 0.0697. The van der Waals surface area contributed by atoms with Gasteiger partial charge in [0.15, 0.2) is 0 Å². The van der Waals surface area contributed by atoms with E-state index in [0.717, 1.165) is 22.6 Å². The van der Waals surface area contributed by atoms with Gasteiger partial charge in [0.25, 0.3) is 0 Å². The zero-order chi connectivity index (χ0) is 11.5. The van der Waals surface area contributed by atoms with Crippen LogP contribution in [0.25, 0.3) is 11.3 Å². The molecule has 0 aliphatic carbocycles. The van der Waals surface area contributed by atoms with Gasteiger partial charge in [-0.1, -0.05) is 12.1 Å². The van der Waals surface area contributed by atoms with E-state index < -0.39 is 0 Å². The summed E-state index contributed by atoms with van der Waals surface area (Å²) in [6, 6.07) is 9.50. The summed E-state index contributed by atoms with van der Waals surface area (Å²) >= 11 is 0. The molecule has 0 saturated carbocycles. The molecule has 1 aromatic heterocycles. The van der Waals surface area contributed by atoms with Gasteiger partial charge in [-0.3, -0.25) is 4.79 Å². The Kier molecular flexibility index (Phi) is 2.77. The van der Waals surface area contributed by atoms with Crippen LogP contribution in [0.2, 0.25) is 0 Å². The third-order valence-electron chi connectivity index (χ3n) is 2.43. The number of furan rings is 1. The normalized spacial score (nSPS) is 10.1. The Hall–Kier alpha value is -2.03. The summed E-state index contributed by atoms with van der Waals surface area (Å²) in [6.45, 7) is 3.46. The van der Waals surface area contributed by atoms with Crippen LogP contribution in [-0.2, 0) is 4.79 Å². The van der Waals surface area contributed by atoms with E-state index in [0.29, 0.717) is 0 Å². The lowest BCUT2D eigenvalue weighted by Gasteiger charge is -2.09. The number of nitrogens with one attached hydrogen (secondary N) is 1. The molecule has 16 heavy (non-hydrogen) atoms. The Morgan fingerprint density at radius 2 is 2.06 bits per heavy atom. The predicted molar refractivity (Wildman–Crippen MR) is 63.2 cm³/mol. The lowest BCUT2D eigenvalue weighted by atomic mass is 10.0. The van der Waals surface area contributed by atoms with E-state index in [1.54, 1.807) is 6.26 Å². The van der Waals surface area contributed by atoms with Gasteiger partial charge in [-0.15, -0.1) is 0 Å². The molecule has 1 heterocycles. The highest BCUT2D eigenvalue weighted by molar-refractivity contribution is 5.90. The number of amides is 1. The molecule has 0 atom stereocenters. The first kappa shape index (κ1) is 10.5. The van der Waals surface area contributed by atoms with Crippen molar-refractivity contribution in [1.29, 1.82) is 0 Å². The highest BCUT2D eigenvalue weighted by atomic mass is 16.3. The third-order valence-corrected chi connectivity index (χ3v) is 2.43. The summed E-state index contributed by atoms with van der Waals surface area (Å²) in [4.78, 5) is 11.0. The Bertz CT molecular complexity index is 501. The first-order valence-electron chi connectivity index (χ1n) is 5.09. The lowest BCUT2D eigenvalue weighted by Crippen LogP contribution is -2.07. The number of anilines is 1. The molecule has 82 valence electrons. The molecule has 0 spiro atoms. The number of hydrogen-bond donors (Lipinski definition) is 1. The largest absolute Gasteiger partial charge is 0.464 e. The molecule has 1 aromatic carbocycles. The summed E-state index contributed by atoms with van der Waals surface area (Å²) in [6.07, 6.45) is 1.64. The fourth-order valence-electron chi connectivity index (χ4n) is 1.66. The maximum absolute atomic E-state index is 11.0. The van der Waals surface area contributed by atoms with Crippen LogP contribution in [-0.4, -0.2) is 5.91 Å². The Balaban J connectivity index is 2.45. The van der Waals surface area contributed by atoms with Gasteiger partial charge in [-0.05, 0) is 30.7 Å². The Labute approximate surface area is 94.1 Å². The first-order valence-corrected chi connectivity index (χ1v) is 5.09. The number of benzene rings is 1. The van der Waals surface area contributed by atoms with Crippen LogP contribution in [0.15, 0.2) is 41.0 Å². The number of carbonyl (C=O) groups excluding carboxylic acids is 1. The van der Waals surface area contributed by atoms with Crippen molar-refractivity contribution in [3.05, 3.63) is 42.2 Å². The molecule has 0 radical (unpaired) electrons. The summed E-state index contributed by atoms with van der Waals surface area (Å²) in [5.74, 6) is 0.740. The van der Waals surface area contributed by atoms with Crippen LogP contribution in [0.1, 0.15) is 12.5 Å². The monoisotopic (exact) mass is 215 g/mol. The van der Waals surface area contributed by atoms with Crippen molar-refractivity contribution < 1.29 is 9.21 Å². The molecule has 3 heteroatoms. The van der Waals surface area contributed by atoms with Gasteiger partial charge in [0.05, 0.1) is 6.26 Å². The Morgan fingerprint density at radius 3 is 2.69 bits per heavy atom. The average Bonchev–Trinajstić information content (AvgIpc) is 2.73. The molecular formula is C13H13NO2. The summed E-state index contributed by atoms with van der Waals surface area (Å²) in [5.41, 5.74) is 2.82. The summed E-state index contributed by atoms with van der Waals surface area (Å²) < 4.78 is 5.35. The molecular weight excluding hydrogens is 202 g/mol. The van der Waals surface area contributed by atoms with E-state index in [1.807, 2.05) is 37.3 Å². The first-order chi connectivity index (χ1) is 7.68. The van der Waals surface area contributed by atoms with Gasteiger partial charge in [0.1, 0.15) is 5.76 Å². The summed E-state index contributed by atoms with van der Waals surface area (Å²) in [7, 11) is 0. The van der Waals surface area contributed by atoms with Crippen molar-refractivity contribution in [2.75, 3.05) is 5.32 Å². The fourth-order valence-corrected chi connectivity index (χ4v) is 1.66. The van der Waals surface area contributed by atoms with Gasteiger partial charge < -0.3 is 9.73 Å². The maximum Gasteiger partial charge on any atom is 0.221 e. The minimum Gasteiger partial charge on any atom is -0.464 e. The standard InChI is InChI=1S/C13H13NO2/c1-9-11(13-7-4-8-16-13)5-3-6-12(9)14-10(2)15/h3-8H,1-2H3,(H,14,15). The second-order valence-electron chi connectivity index (χ2n) is 3.64. The van der Waals surface area contributed by atoms with Crippen molar-refractivity contribution in [3.8, 4) is 11.3 Å². The van der Waals surface area contributed by atoms with Crippen molar-refractivity contribution in [2.45, 2.75) is 13.8 Å². The number of hydrogen-bond acceptors (Lipinski definition) is 2. The zero-order valence-electron chi connectivity index (χ0n) is 9.28. The predicted octanol–water partition coefficient (Wildman–Crippen LogP) is 3.21. The van der Waals surface area contributed by atoms with Crippen LogP contribution < -0.4 is 5.32 Å². The molecule has 2 rings (SSSR count). The molecule has 0 aliphatic rings. The molecule has 0 fully saturated rings. The summed E-state index contributed by atoms with van der Waals surface area (Å²) in [5, 5.41) is 2.79. The van der Waals surface area contributed by atoms with Crippen LogP contribution >= 0.6 is 0 Å². The number of carbonyl (C=O) groups is 1. The Morgan fingerprint density at radius 1 is 1.25 bits per heavy atom. The number of rotatable bonds is 2. The zero-order valence-corrected chi connectivity index (χ0v) is 9.28. The molecule has 1 N–H and O–H groups in total. The molecule has 3 nitrogen and oxygen atoms in total. The van der Waals surface area contributed by atoms with E-state index in [2.05, 4.69) is 5.32 Å². The van der Waals surface area contributed by atoms with Gasteiger partial charge in [0, 0.05) is 18.2 Å². The molecule has 0 aliphatic heterocycles. The smallest absolute Gasteiger partial charge is 0.221 e. The second kappa shape index (κ2) is 4.23. The highest BCUT2D eigenvalue weighted by Crippen LogP contribution is 2.28. The topological polar surface area (TPSA) is 42.2 Å². The maximum atomic E-state index is 11.0. The molecule has 0 unspecified atom stereocenters. The van der Waals surface area contributed by atoms with E-state index >= 15 is 0 Å². The van der Waals surface area contributed by atoms with E-state index in [9.17, 15) is 4.79 Å². The highest BCUT2D eigenvalue weighted by Gasteiger charge is 2.08. The van der Waals surface area contributed by atoms with Crippen molar-refractivity contribution in [1.82, 2.24) is 0 Å². The van der Waals surface area contributed by atoms with Gasteiger partial charge in [-0.25, -0.2) is 0 Å². The average molecular weight is 215 g/mol. The van der Waals surface area contributed by atoms with Gasteiger partial charge in [-0.2, -0.15) is 0 Å². The minimum atomic E-state index is -0.0697.